The first-order chi connectivity index (χ1) is 6.24. The molecule has 2 aromatic heterocycles. The first kappa shape index (κ1) is 9.14. The van der Waals surface area contributed by atoms with Crippen LogP contribution in [-0.2, 0) is 4.55 Å². The minimum absolute atomic E-state index is 0.233. The highest BCUT2D eigenvalue weighted by Gasteiger charge is 2.13. The Morgan fingerprint density at radius 3 is 3.08 bits per heavy atom. The topological polar surface area (TPSA) is 35.1 Å². The third-order valence-electron chi connectivity index (χ3n) is 1.86. The van der Waals surface area contributed by atoms with Crippen molar-refractivity contribution in [3.8, 4) is 0 Å². The molecule has 2 rings (SSSR count). The Hall–Kier alpha value is -0.430. The van der Waals surface area contributed by atoms with Gasteiger partial charge in [-0.2, -0.15) is 0 Å². The van der Waals surface area contributed by atoms with Crippen LogP contribution in [0.25, 0.3) is 11.1 Å². The van der Waals surface area contributed by atoms with Crippen molar-refractivity contribution < 1.29 is 9.21 Å². The largest absolute Gasteiger partial charge is 0.463 e. The standard InChI is InChI=1S/C8H6INO2S/c9-4-10-5-1-2-12-7(5)3-6(10)8(11)13/h1-3H,4H2,(H,11,13). The number of carbonyl (C=O) groups is 1. The van der Waals surface area contributed by atoms with Crippen molar-refractivity contribution in [2.75, 3.05) is 0 Å². The molecule has 5 heteroatoms. The van der Waals surface area contributed by atoms with E-state index in [1.165, 1.54) is 0 Å². The Kier molecular flexibility index (Phi) is 2.37. The average molecular weight is 307 g/mol. The van der Waals surface area contributed by atoms with Gasteiger partial charge in [0, 0.05) is 12.1 Å². The van der Waals surface area contributed by atoms with Gasteiger partial charge < -0.3 is 8.98 Å². The zero-order valence-electron chi connectivity index (χ0n) is 6.53. The van der Waals surface area contributed by atoms with Crippen LogP contribution in [0.15, 0.2) is 22.8 Å². The van der Waals surface area contributed by atoms with Crippen LogP contribution in [0.4, 0.5) is 0 Å². The van der Waals surface area contributed by atoms with Gasteiger partial charge in [0.05, 0.1) is 16.3 Å². The summed E-state index contributed by atoms with van der Waals surface area (Å²) in [6, 6.07) is 3.55. The number of fused-ring (bicyclic) bond motifs is 1. The van der Waals surface area contributed by atoms with Crippen LogP contribution < -0.4 is 0 Å². The molecule has 0 N–H and O–H groups in total. The number of nitrogens with zero attached hydrogens (tertiary/aromatic N) is 1. The van der Waals surface area contributed by atoms with Crippen molar-refractivity contribution >= 4 is 51.4 Å². The van der Waals surface area contributed by atoms with Gasteiger partial charge in [0.1, 0.15) is 5.69 Å². The second-order valence-electron chi connectivity index (χ2n) is 2.55. The number of rotatable bonds is 2. The number of carbonyl (C=O) groups excluding carboxylic acids is 1. The summed E-state index contributed by atoms with van der Waals surface area (Å²) < 4.78 is 7.76. The lowest BCUT2D eigenvalue weighted by Gasteiger charge is -2.00. The van der Waals surface area contributed by atoms with E-state index in [2.05, 4.69) is 35.2 Å². The molecule has 0 atom stereocenters. The lowest BCUT2D eigenvalue weighted by molar-refractivity contribution is 0.108. The SMILES string of the molecule is O=C(S)c1cc2occc2n1CI. The zero-order chi connectivity index (χ0) is 9.42. The van der Waals surface area contributed by atoms with Crippen LogP contribution >= 0.6 is 35.2 Å². The molecule has 2 heterocycles. The van der Waals surface area contributed by atoms with Gasteiger partial charge in [-0.05, 0) is 0 Å². The van der Waals surface area contributed by atoms with E-state index in [4.69, 9.17) is 4.42 Å². The molecule has 3 nitrogen and oxygen atoms in total. The van der Waals surface area contributed by atoms with Crippen molar-refractivity contribution in [3.05, 3.63) is 24.1 Å². The fourth-order valence-corrected chi connectivity index (χ4v) is 2.20. The minimum atomic E-state index is -0.233. The molecule has 0 bridgehead atoms. The number of alkyl halides is 1. The normalized spacial score (nSPS) is 10.9. The molecule has 0 spiro atoms. The van der Waals surface area contributed by atoms with Gasteiger partial charge in [0.2, 0.25) is 5.12 Å². The summed E-state index contributed by atoms with van der Waals surface area (Å²) in [5.74, 6) is 0. The predicted octanol–water partition coefficient (Wildman–Crippen LogP) is 2.70. The first-order valence-corrected chi connectivity index (χ1v) is 5.57. The number of halogens is 1. The van der Waals surface area contributed by atoms with Crippen molar-refractivity contribution in [2.45, 2.75) is 4.55 Å². The molecule has 0 radical (unpaired) electrons. The molecule has 2 aromatic rings. The molecule has 0 aliphatic heterocycles. The number of aromatic nitrogens is 1. The van der Waals surface area contributed by atoms with E-state index >= 15 is 0 Å². The molecule has 0 saturated heterocycles. The van der Waals surface area contributed by atoms with Crippen LogP contribution in [0, 0.1) is 0 Å². The number of hydrogen-bond acceptors (Lipinski definition) is 2. The van der Waals surface area contributed by atoms with E-state index in [1.54, 1.807) is 12.3 Å². The quantitative estimate of drug-likeness (QED) is 0.526. The van der Waals surface area contributed by atoms with E-state index in [-0.39, 0.29) is 5.12 Å². The molecule has 0 saturated carbocycles. The summed E-state index contributed by atoms with van der Waals surface area (Å²) in [7, 11) is 0. The van der Waals surface area contributed by atoms with Gasteiger partial charge in [-0.15, -0.1) is 0 Å². The molecular formula is C8H6INO2S. The molecule has 0 unspecified atom stereocenters. The molecule has 0 fully saturated rings. The van der Waals surface area contributed by atoms with Crippen molar-refractivity contribution in [1.29, 1.82) is 0 Å². The Labute approximate surface area is 93.6 Å². The fraction of sp³-hybridized carbons (Fsp3) is 0.125. The van der Waals surface area contributed by atoms with E-state index in [1.807, 2.05) is 10.6 Å². The van der Waals surface area contributed by atoms with Gasteiger partial charge in [-0.1, -0.05) is 35.2 Å². The highest BCUT2D eigenvalue weighted by atomic mass is 127. The van der Waals surface area contributed by atoms with Crippen molar-refractivity contribution in [1.82, 2.24) is 4.57 Å². The van der Waals surface area contributed by atoms with Gasteiger partial charge in [0.25, 0.3) is 0 Å². The summed E-state index contributed by atoms with van der Waals surface area (Å²) >= 11 is 5.98. The lowest BCUT2D eigenvalue weighted by atomic mass is 10.4. The fourth-order valence-electron chi connectivity index (χ4n) is 1.28. The van der Waals surface area contributed by atoms with Crippen LogP contribution in [0.3, 0.4) is 0 Å². The summed E-state index contributed by atoms with van der Waals surface area (Å²) in [5.41, 5.74) is 2.24. The zero-order valence-corrected chi connectivity index (χ0v) is 9.58. The van der Waals surface area contributed by atoms with Crippen LogP contribution in [0.2, 0.25) is 0 Å². The maximum Gasteiger partial charge on any atom is 0.232 e. The highest BCUT2D eigenvalue weighted by molar-refractivity contribution is 14.1. The van der Waals surface area contributed by atoms with E-state index in [0.717, 1.165) is 11.1 Å². The lowest BCUT2D eigenvalue weighted by Crippen LogP contribution is -2.00. The van der Waals surface area contributed by atoms with Crippen molar-refractivity contribution in [3.63, 3.8) is 0 Å². The second-order valence-corrected chi connectivity index (χ2v) is 3.64. The Morgan fingerprint density at radius 1 is 1.69 bits per heavy atom. The molecule has 0 aliphatic rings. The number of furan rings is 1. The van der Waals surface area contributed by atoms with Gasteiger partial charge in [-0.3, -0.25) is 4.79 Å². The molecule has 13 heavy (non-hydrogen) atoms. The maximum atomic E-state index is 11.1. The Balaban J connectivity index is 2.74. The summed E-state index contributed by atoms with van der Waals surface area (Å²) in [6.07, 6.45) is 1.61. The summed E-state index contributed by atoms with van der Waals surface area (Å²) in [5, 5.41) is -0.233. The first-order valence-electron chi connectivity index (χ1n) is 3.60. The number of hydrogen-bond donors (Lipinski definition) is 1. The van der Waals surface area contributed by atoms with E-state index in [9.17, 15) is 4.79 Å². The van der Waals surface area contributed by atoms with Gasteiger partial charge >= 0.3 is 0 Å². The van der Waals surface area contributed by atoms with E-state index in [0.29, 0.717) is 10.2 Å². The monoisotopic (exact) mass is 307 g/mol. The van der Waals surface area contributed by atoms with Crippen molar-refractivity contribution in [2.24, 2.45) is 0 Å². The van der Waals surface area contributed by atoms with Gasteiger partial charge in [-0.25, -0.2) is 0 Å². The minimum Gasteiger partial charge on any atom is -0.463 e. The number of thiol groups is 1. The van der Waals surface area contributed by atoms with Crippen LogP contribution in [-0.4, -0.2) is 9.68 Å². The van der Waals surface area contributed by atoms with Crippen LogP contribution in [0.5, 0.6) is 0 Å². The smallest absolute Gasteiger partial charge is 0.232 e. The molecule has 68 valence electrons. The summed E-state index contributed by atoms with van der Waals surface area (Å²) in [6.45, 7) is 0. The summed E-state index contributed by atoms with van der Waals surface area (Å²) in [4.78, 5) is 11.1. The Bertz CT molecular complexity index is 460. The molecule has 0 amide bonds. The van der Waals surface area contributed by atoms with Gasteiger partial charge in [0.15, 0.2) is 5.58 Å². The Morgan fingerprint density at radius 2 is 2.46 bits per heavy atom. The average Bonchev–Trinajstić information content (AvgIpc) is 2.60. The van der Waals surface area contributed by atoms with E-state index < -0.39 is 0 Å². The molecular weight excluding hydrogens is 301 g/mol. The maximum absolute atomic E-state index is 11.1. The molecule has 0 aliphatic carbocycles. The third-order valence-corrected chi connectivity index (χ3v) is 2.77. The second kappa shape index (κ2) is 3.38. The molecule has 0 aromatic carbocycles. The van der Waals surface area contributed by atoms with Crippen LogP contribution in [0.1, 0.15) is 10.5 Å². The predicted molar refractivity (Wildman–Crippen MR) is 61.5 cm³/mol. The third kappa shape index (κ3) is 1.39. The highest BCUT2D eigenvalue weighted by Crippen LogP contribution is 2.22.